The topological polar surface area (TPSA) is 52.6 Å². The quantitative estimate of drug-likeness (QED) is 0.142. The molecule has 520 valence electrons. The second kappa shape index (κ2) is 25.4. The van der Waals surface area contributed by atoms with Gasteiger partial charge in [-0.2, -0.15) is 0 Å². The van der Waals surface area contributed by atoms with Crippen molar-refractivity contribution in [3.8, 4) is 89.0 Å². The molecule has 20 aromatic carbocycles. The van der Waals surface area contributed by atoms with E-state index in [4.69, 9.17) is 17.7 Å². The normalized spacial score (nSPS) is 11.9. The van der Waals surface area contributed by atoms with Crippen molar-refractivity contribution >= 4 is 152 Å². The minimum atomic E-state index is 0.892. The van der Waals surface area contributed by atoms with Crippen molar-refractivity contribution < 1.29 is 17.7 Å². The summed E-state index contributed by atoms with van der Waals surface area (Å²) < 4.78 is 25.3. The highest BCUT2D eigenvalue weighted by Crippen LogP contribution is 2.51. The Morgan fingerprint density at radius 2 is 0.402 bits per heavy atom. The number of rotatable bonds is 8. The van der Waals surface area contributed by atoms with Gasteiger partial charge in [0, 0.05) is 43.1 Å². The van der Waals surface area contributed by atoms with E-state index < -0.39 is 0 Å². The summed E-state index contributed by atoms with van der Waals surface area (Å²) in [5.74, 6) is 0. The van der Waals surface area contributed by atoms with Crippen molar-refractivity contribution in [2.24, 2.45) is 0 Å². The molecule has 0 saturated carbocycles. The Kier molecular flexibility index (Phi) is 14.3. The molecule has 0 radical (unpaired) electrons. The highest BCUT2D eigenvalue weighted by Gasteiger charge is 2.24. The molecule has 0 amide bonds. The smallest absolute Gasteiger partial charge is 0.136 e. The van der Waals surface area contributed by atoms with E-state index in [0.29, 0.717) is 0 Å². The third kappa shape index (κ3) is 10.1. The van der Waals surface area contributed by atoms with E-state index in [1.54, 1.807) is 0 Å². The summed E-state index contributed by atoms with van der Waals surface area (Å²) in [4.78, 5) is 0. The van der Waals surface area contributed by atoms with E-state index in [2.05, 4.69) is 352 Å². The SMILES string of the molecule is c1ccc(-c2cccc3ccc(-c4c5cccc(-c6ccc7oc8ccccc8c7c6)c5cc5c(-c6ccc7oc8ccccc8c7c6)cccc45)cc23)cc1.c1ccc(-c2cccc3ccc(-c4c5cccc(-c6cccc7oc8ccccc8c67)c5cc5c(-c6cccc7oc8ccccc8c67)cccc45)cc23)cc1. The van der Waals surface area contributed by atoms with Gasteiger partial charge in [-0.1, -0.05) is 303 Å². The molecular weight excluding hydrogens is 1360 g/mol. The maximum Gasteiger partial charge on any atom is 0.136 e. The summed E-state index contributed by atoms with van der Waals surface area (Å²) in [5.41, 5.74) is 26.3. The number of fused-ring (bicyclic) bond motifs is 18. The highest BCUT2D eigenvalue weighted by atomic mass is 16.3. The van der Waals surface area contributed by atoms with Crippen LogP contribution in [-0.2, 0) is 0 Å². The van der Waals surface area contributed by atoms with Gasteiger partial charge in [0.15, 0.2) is 0 Å². The molecule has 4 nitrogen and oxygen atoms in total. The molecule has 4 aromatic heterocycles. The molecule has 24 rings (SSSR count). The van der Waals surface area contributed by atoms with E-state index in [1.807, 2.05) is 36.4 Å². The lowest BCUT2D eigenvalue weighted by Crippen LogP contribution is -1.92. The fraction of sp³-hybridized carbons (Fsp3) is 0. The van der Waals surface area contributed by atoms with Crippen molar-refractivity contribution in [1.82, 2.24) is 0 Å². The van der Waals surface area contributed by atoms with Crippen molar-refractivity contribution in [2.75, 3.05) is 0 Å². The fourth-order valence-electron chi connectivity index (χ4n) is 18.3. The summed E-state index contributed by atoms with van der Waals surface area (Å²) in [7, 11) is 0. The predicted molar refractivity (Wildman–Crippen MR) is 471 cm³/mol. The first-order chi connectivity index (χ1) is 55.5. The van der Waals surface area contributed by atoms with Crippen LogP contribution in [0.4, 0.5) is 0 Å². The van der Waals surface area contributed by atoms with Crippen LogP contribution in [0.2, 0.25) is 0 Å². The first-order valence-corrected chi connectivity index (χ1v) is 38.3. The van der Waals surface area contributed by atoms with Gasteiger partial charge in [0.05, 0.1) is 0 Å². The van der Waals surface area contributed by atoms with Crippen LogP contribution in [0.3, 0.4) is 0 Å². The zero-order valence-electron chi connectivity index (χ0n) is 60.6. The molecule has 4 heterocycles. The molecule has 0 unspecified atom stereocenters. The van der Waals surface area contributed by atoms with Gasteiger partial charge in [-0.3, -0.25) is 0 Å². The minimum absolute atomic E-state index is 0.892. The van der Waals surface area contributed by atoms with Crippen LogP contribution in [0.15, 0.2) is 406 Å². The Bertz CT molecular complexity index is 7660. The standard InChI is InChI=1S/2C54H32O2/c1-2-13-33(14-3-1)36-18-8-15-34-29-30-35(31-45(34)36)52-41-21-9-19-37(39-23-11-27-50-53(39)43-16-4-6-25-48(43)55-50)46(41)32-47-38(20-10-22-42(47)52)40-24-12-28-51-54(40)44-17-5-7-26-49(44)56-51;1-2-11-33(12-3-1)38-16-8-13-34-23-24-37(31-45(34)38)54-43-19-9-17-39(35-25-27-52-48(29-35)41-14-4-6-21-50(41)55-52)46(43)32-47-40(18-10-20-44(47)54)36-26-28-53-49(30-36)42-15-5-7-22-51(42)56-53/h2*1-32H. The van der Waals surface area contributed by atoms with Gasteiger partial charge in [0.25, 0.3) is 0 Å². The van der Waals surface area contributed by atoms with Crippen LogP contribution in [-0.4, -0.2) is 0 Å². The molecule has 0 aliphatic rings. The van der Waals surface area contributed by atoms with Gasteiger partial charge in [-0.25, -0.2) is 0 Å². The first kappa shape index (κ1) is 63.3. The van der Waals surface area contributed by atoms with Crippen LogP contribution < -0.4 is 0 Å². The van der Waals surface area contributed by atoms with Crippen LogP contribution in [0, 0.1) is 0 Å². The van der Waals surface area contributed by atoms with Gasteiger partial charge in [-0.05, 0) is 239 Å². The second-order valence-corrected chi connectivity index (χ2v) is 29.5. The molecule has 112 heavy (non-hydrogen) atoms. The molecule has 0 N–H and O–H groups in total. The monoisotopic (exact) mass is 1420 g/mol. The molecule has 0 aliphatic carbocycles. The number of para-hydroxylation sites is 4. The Hall–Kier alpha value is -14.8. The number of hydrogen-bond acceptors (Lipinski definition) is 4. The van der Waals surface area contributed by atoms with E-state index in [9.17, 15) is 0 Å². The van der Waals surface area contributed by atoms with Crippen molar-refractivity contribution in [2.45, 2.75) is 0 Å². The van der Waals surface area contributed by atoms with Crippen LogP contribution in [0.25, 0.3) is 241 Å². The summed E-state index contributed by atoms with van der Waals surface area (Å²) >= 11 is 0. The van der Waals surface area contributed by atoms with Crippen LogP contribution >= 0.6 is 0 Å². The van der Waals surface area contributed by atoms with Crippen LogP contribution in [0.1, 0.15) is 0 Å². The molecule has 0 fully saturated rings. The van der Waals surface area contributed by atoms with Gasteiger partial charge < -0.3 is 17.7 Å². The molecule has 0 saturated heterocycles. The molecule has 0 atom stereocenters. The highest BCUT2D eigenvalue weighted by molar-refractivity contribution is 6.26. The lowest BCUT2D eigenvalue weighted by atomic mass is 9.84. The third-order valence-corrected chi connectivity index (χ3v) is 23.4. The van der Waals surface area contributed by atoms with Crippen molar-refractivity contribution in [3.05, 3.63) is 388 Å². The summed E-state index contributed by atoms with van der Waals surface area (Å²) in [6, 6.07) is 140. The second-order valence-electron chi connectivity index (χ2n) is 29.5. The Morgan fingerprint density at radius 1 is 0.125 bits per heavy atom. The molecule has 0 aliphatic heterocycles. The summed E-state index contributed by atoms with van der Waals surface area (Å²) in [6.07, 6.45) is 0. The Balaban J connectivity index is 0.000000134. The first-order valence-electron chi connectivity index (χ1n) is 38.3. The average Bonchev–Trinajstić information content (AvgIpc) is 0.748. The molecule has 4 heteroatoms. The number of benzene rings is 20. The molecule has 0 bridgehead atoms. The van der Waals surface area contributed by atoms with E-state index in [0.717, 1.165) is 110 Å². The van der Waals surface area contributed by atoms with Gasteiger partial charge in [0.2, 0.25) is 0 Å². The third-order valence-electron chi connectivity index (χ3n) is 23.4. The largest absolute Gasteiger partial charge is 0.456 e. The van der Waals surface area contributed by atoms with Crippen molar-refractivity contribution in [3.63, 3.8) is 0 Å². The maximum absolute atomic E-state index is 6.41. The average molecular weight is 1430 g/mol. The molecular formula is C108H64O4. The van der Waals surface area contributed by atoms with Crippen LogP contribution in [0.5, 0.6) is 0 Å². The lowest BCUT2D eigenvalue weighted by molar-refractivity contribution is 0.668. The van der Waals surface area contributed by atoms with Gasteiger partial charge in [0.1, 0.15) is 44.7 Å². The van der Waals surface area contributed by atoms with Gasteiger partial charge >= 0.3 is 0 Å². The zero-order chi connectivity index (χ0) is 73.5. The maximum atomic E-state index is 6.41. The lowest BCUT2D eigenvalue weighted by Gasteiger charge is -2.18. The number of furan rings is 4. The minimum Gasteiger partial charge on any atom is -0.456 e. The summed E-state index contributed by atoms with van der Waals surface area (Å²) in [5, 5.41) is 23.6. The number of hydrogen-bond donors (Lipinski definition) is 0. The summed E-state index contributed by atoms with van der Waals surface area (Å²) in [6.45, 7) is 0. The predicted octanol–water partition coefficient (Wildman–Crippen LogP) is 31.2. The Labute approximate surface area is 643 Å². The fourth-order valence-corrected chi connectivity index (χ4v) is 18.3. The zero-order valence-corrected chi connectivity index (χ0v) is 60.6. The molecule has 24 aromatic rings. The van der Waals surface area contributed by atoms with E-state index in [1.165, 1.54) is 131 Å². The Morgan fingerprint density at radius 3 is 0.821 bits per heavy atom. The van der Waals surface area contributed by atoms with E-state index >= 15 is 0 Å². The van der Waals surface area contributed by atoms with Crippen molar-refractivity contribution in [1.29, 1.82) is 0 Å². The van der Waals surface area contributed by atoms with E-state index in [-0.39, 0.29) is 0 Å². The molecule has 0 spiro atoms. The van der Waals surface area contributed by atoms with Gasteiger partial charge in [-0.15, -0.1) is 0 Å².